The molecule has 0 bridgehead atoms. The first-order valence-corrected chi connectivity index (χ1v) is 7.25. The number of hydrogen-bond acceptors (Lipinski definition) is 0. The molecule has 1 aliphatic carbocycles. The average molecular weight is 160 g/mol. The molecule has 0 aromatic carbocycles. The van der Waals surface area contributed by atoms with Crippen molar-refractivity contribution in [1.82, 2.24) is 0 Å². The van der Waals surface area contributed by atoms with E-state index in [0.29, 0.717) is 5.54 Å². The molecular weight excluding hydrogens is 143 g/mol. The molecule has 0 aromatic rings. The van der Waals surface area contributed by atoms with E-state index in [9.17, 15) is 4.11 Å². The molecule has 1 fully saturated rings. The predicted octanol–water partition coefficient (Wildman–Crippen LogP) is 3.50. The van der Waals surface area contributed by atoms with E-state index in [1.807, 2.05) is 13.1 Å². The van der Waals surface area contributed by atoms with Gasteiger partial charge in [-0.3, -0.25) is 0 Å². The van der Waals surface area contributed by atoms with Crippen LogP contribution in [0, 0.1) is 0 Å². The fourth-order valence-electron chi connectivity index (χ4n) is 1.79. The maximum Gasteiger partial charge on any atom is 0.244 e. The quantitative estimate of drug-likeness (QED) is 0.407. The molecule has 0 nitrogen and oxygen atoms in total. The van der Waals surface area contributed by atoms with E-state index in [0.717, 1.165) is 12.8 Å². The molecule has 0 N–H and O–H groups in total. The second-order valence-electron chi connectivity index (χ2n) is 3.90. The van der Waals surface area contributed by atoms with Crippen LogP contribution in [-0.4, -0.2) is 8.41 Å². The van der Waals surface area contributed by atoms with E-state index in [1.54, 1.807) is 0 Å². The van der Waals surface area contributed by atoms with Gasteiger partial charge in [0.1, 0.15) is 0 Å². The Balaban J connectivity index is 2.39. The topological polar surface area (TPSA) is 0 Å². The molecule has 1 rings (SSSR count). The first kappa shape index (κ1) is 8.25. The molecule has 0 spiro atoms. The molecule has 1 saturated carbocycles. The van der Waals surface area contributed by atoms with Gasteiger partial charge >= 0.3 is 0 Å². The molecule has 0 aromatic heterocycles. The van der Waals surface area contributed by atoms with Crippen LogP contribution in [0.3, 0.4) is 0 Å². The van der Waals surface area contributed by atoms with E-state index in [-0.39, 0.29) is 0 Å². The average Bonchev–Trinajstić information content (AvgIpc) is 1.88. The largest absolute Gasteiger partial charge is 0.314 e. The third kappa shape index (κ3) is 2.08. The van der Waals surface area contributed by atoms with E-state index in [1.165, 1.54) is 19.3 Å². The summed E-state index contributed by atoms with van der Waals surface area (Å²) in [5, 5.41) is 0. The Morgan fingerprint density at radius 3 is 1.90 bits per heavy atom. The summed E-state index contributed by atoms with van der Waals surface area (Å²) >= 11 is 0. The highest BCUT2D eigenvalue weighted by molar-refractivity contribution is 6.72. The van der Waals surface area contributed by atoms with Crippen LogP contribution in [0.1, 0.15) is 32.1 Å². The molecule has 60 valence electrons. The molecule has 10 heavy (non-hydrogen) atoms. The smallest absolute Gasteiger partial charge is 0.244 e. The molecule has 0 amide bonds. The number of halogens is 1. The molecule has 0 saturated heterocycles. The normalized spacial score (nSPS) is 23.1. The van der Waals surface area contributed by atoms with E-state index in [4.69, 9.17) is 0 Å². The maximum atomic E-state index is 13.4. The lowest BCUT2D eigenvalue weighted by atomic mass is 10.0. The first-order valence-electron chi connectivity index (χ1n) is 4.29. The minimum Gasteiger partial charge on any atom is -0.314 e. The summed E-state index contributed by atoms with van der Waals surface area (Å²) in [6.45, 7) is 3.70. The van der Waals surface area contributed by atoms with Gasteiger partial charge in [-0.2, -0.15) is 0 Å². The Bertz CT molecular complexity index is 100. The third-order valence-corrected chi connectivity index (χ3v) is 5.09. The Hall–Kier alpha value is 0.147. The standard InChI is InChI=1S/C8H17FSi/c1-10(2,9)8-6-4-3-5-7-8/h8H,3-7H2,1-2H3. The highest BCUT2D eigenvalue weighted by atomic mass is 28.4. The zero-order valence-electron chi connectivity index (χ0n) is 6.99. The van der Waals surface area contributed by atoms with Crippen LogP contribution in [0.25, 0.3) is 0 Å². The van der Waals surface area contributed by atoms with Crippen LogP contribution in [0.2, 0.25) is 18.6 Å². The van der Waals surface area contributed by atoms with Gasteiger partial charge < -0.3 is 4.11 Å². The molecule has 0 unspecified atom stereocenters. The Kier molecular flexibility index (Phi) is 2.50. The summed E-state index contributed by atoms with van der Waals surface area (Å²) in [5.41, 5.74) is 0.473. The maximum absolute atomic E-state index is 13.4. The lowest BCUT2D eigenvalue weighted by Crippen LogP contribution is -2.28. The van der Waals surface area contributed by atoms with Crippen LogP contribution in [0.15, 0.2) is 0 Å². The third-order valence-electron chi connectivity index (χ3n) is 2.58. The minimum absolute atomic E-state index is 0.473. The van der Waals surface area contributed by atoms with Gasteiger partial charge in [-0.15, -0.1) is 0 Å². The molecule has 0 atom stereocenters. The molecular formula is C8H17FSi. The highest BCUT2D eigenvalue weighted by Crippen LogP contribution is 2.37. The van der Waals surface area contributed by atoms with Crippen LogP contribution < -0.4 is 0 Å². The zero-order valence-corrected chi connectivity index (χ0v) is 7.99. The summed E-state index contributed by atoms with van der Waals surface area (Å²) in [6.07, 6.45) is 6.20. The van der Waals surface area contributed by atoms with E-state index >= 15 is 0 Å². The lowest BCUT2D eigenvalue weighted by molar-refractivity contribution is 0.474. The van der Waals surface area contributed by atoms with Crippen molar-refractivity contribution < 1.29 is 4.11 Å². The summed E-state index contributed by atoms with van der Waals surface area (Å²) in [5.74, 6) is 0. The molecule has 2 heteroatoms. The SMILES string of the molecule is C[Si](C)(F)C1CCCCC1. The second kappa shape index (κ2) is 3.03. The second-order valence-corrected chi connectivity index (χ2v) is 7.84. The number of hydrogen-bond donors (Lipinski definition) is 0. The van der Waals surface area contributed by atoms with Crippen molar-refractivity contribution in [2.45, 2.75) is 50.7 Å². The van der Waals surface area contributed by atoms with Gasteiger partial charge in [-0.25, -0.2) is 0 Å². The van der Waals surface area contributed by atoms with Crippen molar-refractivity contribution in [2.75, 3.05) is 0 Å². The highest BCUT2D eigenvalue weighted by Gasteiger charge is 2.33. The summed E-state index contributed by atoms with van der Waals surface area (Å²) < 4.78 is 13.4. The van der Waals surface area contributed by atoms with Crippen molar-refractivity contribution in [3.05, 3.63) is 0 Å². The van der Waals surface area contributed by atoms with E-state index < -0.39 is 8.41 Å². The lowest BCUT2D eigenvalue weighted by Gasteiger charge is -2.27. The van der Waals surface area contributed by atoms with Gasteiger partial charge in [0.2, 0.25) is 8.41 Å². The van der Waals surface area contributed by atoms with Gasteiger partial charge in [-0.1, -0.05) is 32.1 Å². The molecule has 0 heterocycles. The summed E-state index contributed by atoms with van der Waals surface area (Å²) in [7, 11) is -2.26. The van der Waals surface area contributed by atoms with Crippen LogP contribution in [-0.2, 0) is 0 Å². The molecule has 0 radical (unpaired) electrons. The molecule has 0 aliphatic heterocycles. The zero-order chi connectivity index (χ0) is 7.61. The summed E-state index contributed by atoms with van der Waals surface area (Å²) in [4.78, 5) is 0. The predicted molar refractivity (Wildman–Crippen MR) is 45.4 cm³/mol. The monoisotopic (exact) mass is 160 g/mol. The van der Waals surface area contributed by atoms with Gasteiger partial charge in [0.05, 0.1) is 0 Å². The Labute approximate surface area is 64.0 Å². The van der Waals surface area contributed by atoms with Crippen molar-refractivity contribution in [3.8, 4) is 0 Å². The van der Waals surface area contributed by atoms with E-state index in [2.05, 4.69) is 0 Å². The fourth-order valence-corrected chi connectivity index (χ4v) is 3.57. The van der Waals surface area contributed by atoms with Crippen LogP contribution >= 0.6 is 0 Å². The molecule has 1 aliphatic rings. The van der Waals surface area contributed by atoms with Gasteiger partial charge in [-0.05, 0) is 18.6 Å². The van der Waals surface area contributed by atoms with Gasteiger partial charge in [0.15, 0.2) is 0 Å². The fraction of sp³-hybridized carbons (Fsp3) is 1.00. The van der Waals surface area contributed by atoms with Crippen LogP contribution in [0.5, 0.6) is 0 Å². The Morgan fingerprint density at radius 2 is 1.60 bits per heavy atom. The van der Waals surface area contributed by atoms with Crippen molar-refractivity contribution >= 4 is 8.41 Å². The minimum atomic E-state index is -2.26. The Morgan fingerprint density at radius 1 is 1.10 bits per heavy atom. The van der Waals surface area contributed by atoms with Crippen LogP contribution in [0.4, 0.5) is 4.11 Å². The first-order chi connectivity index (χ1) is 4.61. The van der Waals surface area contributed by atoms with Gasteiger partial charge in [0.25, 0.3) is 0 Å². The van der Waals surface area contributed by atoms with Crippen molar-refractivity contribution in [3.63, 3.8) is 0 Å². The van der Waals surface area contributed by atoms with Crippen molar-refractivity contribution in [1.29, 1.82) is 0 Å². The van der Waals surface area contributed by atoms with Crippen molar-refractivity contribution in [2.24, 2.45) is 0 Å². The number of rotatable bonds is 1. The van der Waals surface area contributed by atoms with Gasteiger partial charge in [0, 0.05) is 0 Å². The summed E-state index contributed by atoms with van der Waals surface area (Å²) in [6, 6.07) is 0.